The predicted molar refractivity (Wildman–Crippen MR) is 102 cm³/mol. The van der Waals surface area contributed by atoms with Crippen molar-refractivity contribution in [1.82, 2.24) is 15.1 Å². The van der Waals surface area contributed by atoms with E-state index in [4.69, 9.17) is 9.47 Å². The molecular weight excluding hydrogens is 330 g/mol. The van der Waals surface area contributed by atoms with Crippen molar-refractivity contribution in [3.8, 4) is 5.75 Å². The summed E-state index contributed by atoms with van der Waals surface area (Å²) in [5, 5.41) is 3.11. The smallest absolute Gasteiger partial charge is 0.317 e. The molecule has 0 saturated carbocycles. The SMILES string of the molecule is COc1ccc(CCNC(=O)N2CCCC[C@@H]2CN2CCOCC2)cc1. The number of piperidine rings is 1. The minimum Gasteiger partial charge on any atom is -0.497 e. The molecule has 0 bridgehead atoms. The highest BCUT2D eigenvalue weighted by atomic mass is 16.5. The van der Waals surface area contributed by atoms with Crippen LogP contribution in [0.15, 0.2) is 24.3 Å². The molecule has 2 fully saturated rings. The molecule has 6 heteroatoms. The van der Waals surface area contributed by atoms with Crippen molar-refractivity contribution in [2.75, 3.05) is 53.0 Å². The van der Waals surface area contributed by atoms with E-state index in [0.29, 0.717) is 12.6 Å². The van der Waals surface area contributed by atoms with Crippen LogP contribution in [0, 0.1) is 0 Å². The van der Waals surface area contributed by atoms with Gasteiger partial charge >= 0.3 is 6.03 Å². The Bertz CT molecular complexity index is 558. The van der Waals surface area contributed by atoms with Gasteiger partial charge in [-0.05, 0) is 43.4 Å². The molecule has 2 aliphatic rings. The van der Waals surface area contributed by atoms with Crippen LogP contribution < -0.4 is 10.1 Å². The van der Waals surface area contributed by atoms with Gasteiger partial charge in [0.1, 0.15) is 5.75 Å². The number of amides is 2. The first-order valence-electron chi connectivity index (χ1n) is 9.74. The van der Waals surface area contributed by atoms with Gasteiger partial charge in [-0.25, -0.2) is 4.79 Å². The van der Waals surface area contributed by atoms with Gasteiger partial charge in [-0.1, -0.05) is 12.1 Å². The maximum atomic E-state index is 12.7. The van der Waals surface area contributed by atoms with Crippen molar-refractivity contribution in [1.29, 1.82) is 0 Å². The van der Waals surface area contributed by atoms with E-state index in [1.807, 2.05) is 29.2 Å². The van der Waals surface area contributed by atoms with E-state index in [9.17, 15) is 4.79 Å². The zero-order chi connectivity index (χ0) is 18.2. The van der Waals surface area contributed by atoms with Crippen LogP contribution in [0.1, 0.15) is 24.8 Å². The first-order valence-corrected chi connectivity index (χ1v) is 9.74. The van der Waals surface area contributed by atoms with Gasteiger partial charge in [0.2, 0.25) is 0 Å². The highest BCUT2D eigenvalue weighted by Crippen LogP contribution is 2.19. The van der Waals surface area contributed by atoms with E-state index in [-0.39, 0.29) is 6.03 Å². The Morgan fingerprint density at radius 1 is 1.19 bits per heavy atom. The Labute approximate surface area is 156 Å². The molecule has 2 aliphatic heterocycles. The molecule has 0 spiro atoms. The normalized spacial score (nSPS) is 21.4. The van der Waals surface area contributed by atoms with Gasteiger partial charge in [0.15, 0.2) is 0 Å². The second-order valence-corrected chi connectivity index (χ2v) is 7.09. The lowest BCUT2D eigenvalue weighted by molar-refractivity contribution is 0.0221. The number of methoxy groups -OCH3 is 1. The number of rotatable bonds is 6. The number of nitrogens with zero attached hydrogens (tertiary/aromatic N) is 2. The van der Waals surface area contributed by atoms with Crippen LogP contribution in [0.5, 0.6) is 5.75 Å². The van der Waals surface area contributed by atoms with Crippen LogP contribution in [0.3, 0.4) is 0 Å². The van der Waals surface area contributed by atoms with Crippen LogP contribution in [0.25, 0.3) is 0 Å². The van der Waals surface area contributed by atoms with Crippen LogP contribution in [-0.2, 0) is 11.2 Å². The minimum atomic E-state index is 0.0801. The zero-order valence-corrected chi connectivity index (χ0v) is 15.8. The third kappa shape index (κ3) is 5.35. The first-order chi connectivity index (χ1) is 12.8. The monoisotopic (exact) mass is 361 g/mol. The molecule has 2 heterocycles. The molecule has 1 atom stereocenters. The predicted octanol–water partition coefficient (Wildman–Crippen LogP) is 2.13. The Kier molecular flexibility index (Phi) is 7.14. The molecular formula is C20H31N3O3. The summed E-state index contributed by atoms with van der Waals surface area (Å²) in [6.45, 7) is 6.05. The molecule has 1 N–H and O–H groups in total. The molecule has 144 valence electrons. The topological polar surface area (TPSA) is 54.0 Å². The number of carbonyl (C=O) groups is 1. The van der Waals surface area contributed by atoms with Gasteiger partial charge in [0, 0.05) is 38.8 Å². The van der Waals surface area contributed by atoms with E-state index < -0.39 is 0 Å². The van der Waals surface area contributed by atoms with Crippen LogP contribution in [0.4, 0.5) is 4.79 Å². The van der Waals surface area contributed by atoms with E-state index >= 15 is 0 Å². The molecule has 0 unspecified atom stereocenters. The molecule has 1 aromatic rings. The number of hydrogen-bond acceptors (Lipinski definition) is 4. The number of nitrogens with one attached hydrogen (secondary N) is 1. The van der Waals surface area contributed by atoms with Crippen molar-refractivity contribution in [3.63, 3.8) is 0 Å². The second kappa shape index (κ2) is 9.78. The highest BCUT2D eigenvalue weighted by Gasteiger charge is 2.28. The Morgan fingerprint density at radius 2 is 1.96 bits per heavy atom. The largest absolute Gasteiger partial charge is 0.497 e. The van der Waals surface area contributed by atoms with Crippen molar-refractivity contribution >= 4 is 6.03 Å². The molecule has 2 amide bonds. The maximum Gasteiger partial charge on any atom is 0.317 e. The summed E-state index contributed by atoms with van der Waals surface area (Å²) < 4.78 is 10.6. The summed E-state index contributed by atoms with van der Waals surface area (Å²) >= 11 is 0. The van der Waals surface area contributed by atoms with Crippen LogP contribution in [-0.4, -0.2) is 74.9 Å². The lowest BCUT2D eigenvalue weighted by atomic mass is 10.0. The first kappa shape index (κ1) is 19.0. The Morgan fingerprint density at radius 3 is 2.69 bits per heavy atom. The minimum absolute atomic E-state index is 0.0801. The molecule has 0 radical (unpaired) electrons. The maximum absolute atomic E-state index is 12.7. The number of carbonyl (C=O) groups excluding carboxylic acids is 1. The van der Waals surface area contributed by atoms with Gasteiger partial charge < -0.3 is 19.7 Å². The fourth-order valence-corrected chi connectivity index (χ4v) is 3.75. The van der Waals surface area contributed by atoms with E-state index in [0.717, 1.165) is 64.4 Å². The van der Waals surface area contributed by atoms with E-state index in [1.54, 1.807) is 7.11 Å². The average molecular weight is 361 g/mol. The van der Waals surface area contributed by atoms with Crippen LogP contribution >= 0.6 is 0 Å². The molecule has 2 saturated heterocycles. The van der Waals surface area contributed by atoms with Crippen LogP contribution in [0.2, 0.25) is 0 Å². The number of urea groups is 1. The lowest BCUT2D eigenvalue weighted by Gasteiger charge is -2.39. The fourth-order valence-electron chi connectivity index (χ4n) is 3.75. The zero-order valence-electron chi connectivity index (χ0n) is 15.8. The quantitative estimate of drug-likeness (QED) is 0.843. The molecule has 0 aliphatic carbocycles. The average Bonchev–Trinajstić information content (AvgIpc) is 2.69. The standard InChI is InChI=1S/C20H31N3O3/c1-25-19-7-5-17(6-8-19)9-10-21-20(24)23-11-3-2-4-18(23)16-22-12-14-26-15-13-22/h5-8,18H,2-4,9-16H2,1H3,(H,21,24)/t18-/m1/s1. The third-order valence-corrected chi connectivity index (χ3v) is 5.31. The Balaban J connectivity index is 1.46. The Hall–Kier alpha value is -1.79. The molecule has 1 aromatic carbocycles. The third-order valence-electron chi connectivity index (χ3n) is 5.31. The number of likely N-dealkylation sites (tertiary alicyclic amines) is 1. The van der Waals surface area contributed by atoms with Gasteiger partial charge in [0.05, 0.1) is 20.3 Å². The van der Waals surface area contributed by atoms with Crippen molar-refractivity contribution in [2.45, 2.75) is 31.7 Å². The van der Waals surface area contributed by atoms with E-state index in [1.165, 1.54) is 12.0 Å². The van der Waals surface area contributed by atoms with Crippen molar-refractivity contribution < 1.29 is 14.3 Å². The summed E-state index contributed by atoms with van der Waals surface area (Å²) in [5.74, 6) is 0.858. The number of hydrogen-bond donors (Lipinski definition) is 1. The summed E-state index contributed by atoms with van der Waals surface area (Å²) in [7, 11) is 1.67. The van der Waals surface area contributed by atoms with Gasteiger partial charge in [-0.15, -0.1) is 0 Å². The lowest BCUT2D eigenvalue weighted by Crippen LogP contribution is -2.54. The van der Waals surface area contributed by atoms with Gasteiger partial charge in [-0.2, -0.15) is 0 Å². The summed E-state index contributed by atoms with van der Waals surface area (Å²) in [5.41, 5.74) is 1.20. The molecule has 6 nitrogen and oxygen atoms in total. The fraction of sp³-hybridized carbons (Fsp3) is 0.650. The number of benzene rings is 1. The summed E-state index contributed by atoms with van der Waals surface area (Å²) in [6.07, 6.45) is 4.25. The van der Waals surface area contributed by atoms with Gasteiger partial charge in [-0.3, -0.25) is 4.90 Å². The summed E-state index contributed by atoms with van der Waals surface area (Å²) in [6, 6.07) is 8.42. The van der Waals surface area contributed by atoms with Gasteiger partial charge in [0.25, 0.3) is 0 Å². The van der Waals surface area contributed by atoms with E-state index in [2.05, 4.69) is 10.2 Å². The second-order valence-electron chi connectivity index (χ2n) is 7.09. The number of morpholine rings is 1. The highest BCUT2D eigenvalue weighted by molar-refractivity contribution is 5.74. The molecule has 3 rings (SSSR count). The van der Waals surface area contributed by atoms with Crippen molar-refractivity contribution in [3.05, 3.63) is 29.8 Å². The number of ether oxygens (including phenoxy) is 2. The molecule has 26 heavy (non-hydrogen) atoms. The molecule has 0 aromatic heterocycles. The summed E-state index contributed by atoms with van der Waals surface area (Å²) in [4.78, 5) is 17.2. The van der Waals surface area contributed by atoms with Crippen molar-refractivity contribution in [2.24, 2.45) is 0 Å².